The maximum atomic E-state index is 9.90. The number of aromatic nitrogens is 1. The molecule has 13 heteroatoms. The fraction of sp³-hybridized carbons (Fsp3) is 0.235. The van der Waals surface area contributed by atoms with Gasteiger partial charge in [-0.15, -0.1) is 0 Å². The van der Waals surface area contributed by atoms with E-state index in [-0.39, 0.29) is 79.1 Å². The van der Waals surface area contributed by atoms with Crippen LogP contribution in [0.2, 0.25) is 0 Å². The molecule has 1 aromatic heterocycles. The van der Waals surface area contributed by atoms with Gasteiger partial charge in [0.1, 0.15) is 0 Å². The van der Waals surface area contributed by atoms with E-state index in [4.69, 9.17) is 32.7 Å². The van der Waals surface area contributed by atoms with E-state index in [9.17, 15) is 8.22 Å². The predicted octanol–water partition coefficient (Wildman–Crippen LogP) is 23.9. The lowest BCUT2D eigenvalue weighted by molar-refractivity contribution is 0.568. The first-order valence-electron chi connectivity index (χ1n) is 43.8. The summed E-state index contributed by atoms with van der Waals surface area (Å²) in [6, 6.07) is 75.0. The van der Waals surface area contributed by atoms with E-state index in [1.54, 1.807) is 9.47 Å². The van der Waals surface area contributed by atoms with Crippen molar-refractivity contribution in [2.45, 2.75) is 157 Å². The molecule has 6 heterocycles. The Morgan fingerprint density at radius 3 is 1.10 bits per heavy atom. The quantitative estimate of drug-likeness (QED) is 0.134. The summed E-state index contributed by atoms with van der Waals surface area (Å²) in [7, 11) is 0. The molecule has 0 spiro atoms. The molecule has 570 valence electrons. The number of guanidine groups is 5. The SMILES string of the molecule is [2H]c1c([2H])c([2H])c2c(c1[2H])c1c([2H])c([2H])c([2H])c([2H])c1n2-c1ccc2c(c1)N(c1cc(C(C)(C)C)cc(C(C)(C)C)c1)c1cc(C3=NC4=NC(N(c5ccccc5)c5ccccc5)=NC5=NC(N(c6ccccc6)c6ccccc6)=NC(=N3)N45)cc3c1B2c1cc(-c2cc(C(C)(C)C)cc(C(C)(C)C)c2)ccc1N3c1cc(C(C)(C)C)cc(C(C)(C)C)c1. The minimum atomic E-state index is -0.582. The molecule has 12 nitrogen and oxygen atoms in total. The number of anilines is 10. The molecule has 0 atom stereocenters. The van der Waals surface area contributed by atoms with Crippen LogP contribution < -0.4 is 36.0 Å². The summed E-state index contributed by atoms with van der Waals surface area (Å²) >= 11 is 0. The Bertz CT molecular complexity index is 6470. The number of fused-ring (bicyclic) bond motifs is 7. The molecule has 0 saturated carbocycles. The number of nitrogens with zero attached hydrogens (tertiary/aromatic N) is 12. The molecule has 0 bridgehead atoms. The van der Waals surface area contributed by atoms with Crippen molar-refractivity contribution < 1.29 is 11.0 Å². The van der Waals surface area contributed by atoms with Crippen LogP contribution in [0.3, 0.4) is 0 Å². The minimum absolute atomic E-state index is 0.0119. The highest BCUT2D eigenvalue weighted by atomic mass is 15.5. The fourth-order valence-corrected chi connectivity index (χ4v) is 16.2. The third-order valence-electron chi connectivity index (χ3n) is 22.7. The van der Waals surface area contributed by atoms with Gasteiger partial charge in [-0.25, -0.2) is 4.90 Å². The van der Waals surface area contributed by atoms with Gasteiger partial charge < -0.3 is 14.4 Å². The highest BCUT2D eigenvalue weighted by Gasteiger charge is 2.47. The zero-order valence-electron chi connectivity index (χ0n) is 76.8. The monoisotopic (exact) mass is 1510 g/mol. The van der Waals surface area contributed by atoms with Crippen LogP contribution in [-0.2, 0) is 32.5 Å². The topological polar surface area (TPSA) is 95.3 Å². The molecule has 0 saturated heterocycles. The van der Waals surface area contributed by atoms with E-state index in [1.807, 2.05) is 137 Å². The fourth-order valence-electron chi connectivity index (χ4n) is 16.2. The molecule has 0 unspecified atom stereocenters. The van der Waals surface area contributed by atoms with Crippen LogP contribution in [0.4, 0.5) is 56.9 Å². The molecule has 0 aliphatic carbocycles. The molecular formula is C102H99BN12. The smallest absolute Gasteiger partial charge is 0.252 e. The summed E-state index contributed by atoms with van der Waals surface area (Å²) in [6.45, 7) is 40.1. The van der Waals surface area contributed by atoms with Crippen molar-refractivity contribution in [2.75, 3.05) is 19.6 Å². The van der Waals surface area contributed by atoms with Crippen molar-refractivity contribution in [2.24, 2.45) is 30.0 Å². The second-order valence-corrected chi connectivity index (χ2v) is 37.0. The zero-order valence-corrected chi connectivity index (χ0v) is 68.8. The third kappa shape index (κ3) is 13.2. The van der Waals surface area contributed by atoms with Crippen LogP contribution in [-0.4, -0.2) is 51.8 Å². The molecular weight excluding hydrogens is 1400 g/mol. The number of rotatable bonds is 9. The third-order valence-corrected chi connectivity index (χ3v) is 22.7. The summed E-state index contributed by atoms with van der Waals surface area (Å²) in [5.74, 6) is 1.50. The van der Waals surface area contributed by atoms with Crippen molar-refractivity contribution >= 4 is 137 Å². The lowest BCUT2D eigenvalue weighted by Crippen LogP contribution is -2.61. The van der Waals surface area contributed by atoms with Gasteiger partial charge >= 0.3 is 0 Å². The molecule has 5 aliphatic heterocycles. The Hall–Kier alpha value is -12.5. The Kier molecular flexibility index (Phi) is 15.3. The molecule has 0 radical (unpaired) electrons. The number of hydrogen-bond donors (Lipinski definition) is 0. The lowest BCUT2D eigenvalue weighted by Gasteiger charge is -2.45. The van der Waals surface area contributed by atoms with Crippen molar-refractivity contribution in [3.63, 3.8) is 0 Å². The first-order chi connectivity index (χ1) is 58.1. The Balaban J connectivity index is 1.01. The number of amidine groups is 1. The van der Waals surface area contributed by atoms with Gasteiger partial charge in [0.05, 0.1) is 22.0 Å². The van der Waals surface area contributed by atoms with Crippen molar-refractivity contribution in [3.05, 3.63) is 312 Å². The Morgan fingerprint density at radius 2 is 0.678 bits per heavy atom. The summed E-state index contributed by atoms with van der Waals surface area (Å²) in [5.41, 5.74) is 19.1. The number of hydrogen-bond acceptors (Lipinski definition) is 11. The molecule has 5 aliphatic rings. The van der Waals surface area contributed by atoms with Gasteiger partial charge in [-0.05, 0) is 209 Å². The maximum absolute atomic E-state index is 9.90. The first kappa shape index (κ1) is 65.0. The van der Waals surface area contributed by atoms with Gasteiger partial charge in [-0.3, -0.25) is 9.80 Å². The van der Waals surface area contributed by atoms with E-state index in [0.717, 1.165) is 101 Å². The van der Waals surface area contributed by atoms with E-state index in [1.165, 1.54) is 11.1 Å². The van der Waals surface area contributed by atoms with Gasteiger partial charge in [0.2, 0.25) is 29.8 Å². The predicted molar refractivity (Wildman–Crippen MR) is 488 cm³/mol. The van der Waals surface area contributed by atoms with Crippen LogP contribution >= 0.6 is 0 Å². The van der Waals surface area contributed by atoms with Gasteiger partial charge in [0, 0.05) is 78.9 Å². The largest absolute Gasteiger partial charge is 0.311 e. The summed E-state index contributed by atoms with van der Waals surface area (Å²) < 4.78 is 77.6. The summed E-state index contributed by atoms with van der Waals surface area (Å²) in [5, 5.41) is -0.0335. The van der Waals surface area contributed by atoms with Crippen molar-refractivity contribution in [1.29, 1.82) is 0 Å². The Morgan fingerprint density at radius 1 is 0.296 bits per heavy atom. The lowest BCUT2D eigenvalue weighted by atomic mass is 9.33. The molecule has 0 fully saturated rings. The molecule has 18 rings (SSSR count). The van der Waals surface area contributed by atoms with E-state index < -0.39 is 65.9 Å². The normalized spacial score (nSPS) is 15.7. The van der Waals surface area contributed by atoms with Gasteiger partial charge in [0.25, 0.3) is 6.71 Å². The number of para-hydroxylation sites is 6. The average Bonchev–Trinajstić information content (AvgIpc) is 1.66. The highest BCUT2D eigenvalue weighted by Crippen LogP contribution is 2.50. The summed E-state index contributed by atoms with van der Waals surface area (Å²) in [6.07, 6.45) is 0. The maximum Gasteiger partial charge on any atom is 0.252 e. The highest BCUT2D eigenvalue weighted by molar-refractivity contribution is 7.00. The van der Waals surface area contributed by atoms with E-state index in [0.29, 0.717) is 16.9 Å². The molecule has 0 amide bonds. The summed E-state index contributed by atoms with van der Waals surface area (Å²) in [4.78, 5) is 43.9. The number of aliphatic imine (C=N–C) groups is 6. The second kappa shape index (κ2) is 27.1. The molecule has 115 heavy (non-hydrogen) atoms. The minimum Gasteiger partial charge on any atom is -0.311 e. The average molecular weight is 1510 g/mol. The zero-order chi connectivity index (χ0) is 87.1. The molecule has 0 N–H and O–H groups in total. The van der Waals surface area contributed by atoms with Crippen LogP contribution in [0.5, 0.6) is 0 Å². The Labute approximate surface area is 689 Å². The van der Waals surface area contributed by atoms with E-state index >= 15 is 0 Å². The van der Waals surface area contributed by atoms with Crippen LogP contribution in [0.1, 0.15) is 175 Å². The number of benzene rings is 12. The molecule has 12 aromatic carbocycles. The molecule has 13 aromatic rings. The van der Waals surface area contributed by atoms with Gasteiger partial charge in [-0.1, -0.05) is 282 Å². The van der Waals surface area contributed by atoms with E-state index in [2.05, 4.69) is 231 Å². The van der Waals surface area contributed by atoms with Crippen molar-refractivity contribution in [3.8, 4) is 16.8 Å². The van der Waals surface area contributed by atoms with Crippen LogP contribution in [0.15, 0.2) is 303 Å². The first-order valence-corrected chi connectivity index (χ1v) is 39.8. The van der Waals surface area contributed by atoms with Gasteiger partial charge in [0.15, 0.2) is 5.84 Å². The van der Waals surface area contributed by atoms with Crippen molar-refractivity contribution in [1.82, 2.24) is 9.47 Å². The van der Waals surface area contributed by atoms with Gasteiger partial charge in [-0.2, -0.15) is 30.0 Å². The standard InChI is InChI=1S/C102H99BN12/c1-97(2,3)67-51-65(52-68(56-67)98(4,5)6)64-47-50-86-83(53-64)103-82-49-48-77(112-84-45-33-31-43-80(84)81-44-32-34-46-85(81)112)63-87(82)114(79-61-71(101(13,14)15)58-72(62-79)102(16,17)18)89-55-66(54-88(90(89)103)113(86)78-59-69(99(7,8)9)57-70(60-78)100(10,11)12)91-104-92-106-94(110(73-35-23-19-24-36-73)74-37-25-20-26-38-74)108-96-109-95(107-93(105-91)115(92)96)111(75-39-27-21-28-40-75)76-41-29-22-30-42-76/h19-63H,1-18H3/i31D,32D,33D,34D,43D,44D,45D,46D. The van der Waals surface area contributed by atoms with Crippen LogP contribution in [0.25, 0.3) is 38.6 Å². The second-order valence-electron chi connectivity index (χ2n) is 37.0. The van der Waals surface area contributed by atoms with Crippen LogP contribution in [0, 0.1) is 0 Å².